The Bertz CT molecular complexity index is 1150. The minimum absolute atomic E-state index is 0.149. The smallest absolute Gasteiger partial charge is 0.268 e. The van der Waals surface area contributed by atoms with E-state index >= 15 is 0 Å². The predicted octanol–water partition coefficient (Wildman–Crippen LogP) is 1.50. The van der Waals surface area contributed by atoms with Crippen molar-refractivity contribution in [3.63, 3.8) is 0 Å². The Morgan fingerprint density at radius 3 is 2.19 bits per heavy atom. The number of pyridine rings is 1. The topological polar surface area (TPSA) is 153 Å². The second kappa shape index (κ2) is 13.1. The number of aliphatic hydroxyl groups excluding tert-OH is 1. The molecule has 6 N–H and O–H groups in total. The fourth-order valence-corrected chi connectivity index (χ4v) is 3.43. The van der Waals surface area contributed by atoms with Crippen LogP contribution in [0.1, 0.15) is 23.0 Å². The van der Waals surface area contributed by atoms with Crippen LogP contribution in [0, 0.1) is 0 Å². The average molecular weight is 492 g/mol. The first kappa shape index (κ1) is 26.5. The van der Waals surface area contributed by atoms with Gasteiger partial charge in [0.25, 0.3) is 11.8 Å². The molecule has 0 fully saturated rings. The monoisotopic (exact) mass is 491 g/mol. The first-order valence-corrected chi connectivity index (χ1v) is 11.4. The van der Waals surface area contributed by atoms with Crippen LogP contribution >= 0.6 is 0 Å². The van der Waals surface area contributed by atoms with Gasteiger partial charge in [0.2, 0.25) is 5.91 Å². The molecular formula is C26H29N5O5. The third-order valence-electron chi connectivity index (χ3n) is 5.38. The van der Waals surface area contributed by atoms with Crippen molar-refractivity contribution in [2.75, 3.05) is 18.4 Å². The number of hydroxylamine groups is 1. The molecule has 3 aromatic rings. The molecular weight excluding hydrogens is 462 g/mol. The molecule has 0 aliphatic carbocycles. The zero-order valence-corrected chi connectivity index (χ0v) is 19.8. The fourth-order valence-electron chi connectivity index (χ4n) is 3.43. The molecule has 36 heavy (non-hydrogen) atoms. The van der Waals surface area contributed by atoms with Gasteiger partial charge in [-0.25, -0.2) is 5.48 Å². The number of hydrogen-bond acceptors (Lipinski definition) is 7. The van der Waals surface area contributed by atoms with Gasteiger partial charge in [-0.2, -0.15) is 0 Å². The Hall–Kier alpha value is -4.12. The summed E-state index contributed by atoms with van der Waals surface area (Å²) in [5.41, 5.74) is 5.07. The highest BCUT2D eigenvalue weighted by molar-refractivity contribution is 5.98. The molecule has 2 atom stereocenters. The molecule has 0 radical (unpaired) electrons. The maximum atomic E-state index is 12.4. The Kier molecular flexibility index (Phi) is 9.64. The van der Waals surface area contributed by atoms with Crippen molar-refractivity contribution in [2.24, 2.45) is 0 Å². The highest BCUT2D eigenvalue weighted by atomic mass is 16.5. The first-order valence-electron chi connectivity index (χ1n) is 11.4. The summed E-state index contributed by atoms with van der Waals surface area (Å²) in [5.74, 6) is -1.63. The van der Waals surface area contributed by atoms with Crippen LogP contribution in [-0.2, 0) is 16.0 Å². The van der Waals surface area contributed by atoms with Crippen molar-refractivity contribution < 1.29 is 24.7 Å². The fraction of sp³-hybridized carbons (Fsp3) is 0.231. The minimum Gasteiger partial charge on any atom is -0.391 e. The maximum Gasteiger partial charge on any atom is 0.268 e. The van der Waals surface area contributed by atoms with Crippen molar-refractivity contribution in [3.8, 4) is 11.1 Å². The Morgan fingerprint density at radius 2 is 1.61 bits per heavy atom. The molecule has 1 aromatic heterocycles. The third-order valence-corrected chi connectivity index (χ3v) is 5.38. The lowest BCUT2D eigenvalue weighted by Gasteiger charge is -2.19. The first-order chi connectivity index (χ1) is 17.4. The van der Waals surface area contributed by atoms with Crippen molar-refractivity contribution in [1.29, 1.82) is 0 Å². The van der Waals surface area contributed by atoms with Gasteiger partial charge in [0.1, 0.15) is 6.04 Å². The predicted molar refractivity (Wildman–Crippen MR) is 134 cm³/mol. The second-order valence-corrected chi connectivity index (χ2v) is 8.12. The van der Waals surface area contributed by atoms with Gasteiger partial charge in [0, 0.05) is 36.1 Å². The van der Waals surface area contributed by atoms with Gasteiger partial charge in [-0.1, -0.05) is 30.3 Å². The molecule has 0 saturated carbocycles. The SMILES string of the molecule is C[C@@H](O)[C@H](NC(=O)c1ccc(-c2ccc(NC(=O)CNCCc3ccccn3)cc2)cc1)C(=O)NO. The summed E-state index contributed by atoms with van der Waals surface area (Å²) in [6, 6.07) is 18.4. The van der Waals surface area contributed by atoms with Crippen LogP contribution in [0.15, 0.2) is 72.9 Å². The van der Waals surface area contributed by atoms with Crippen LogP contribution in [0.2, 0.25) is 0 Å². The summed E-state index contributed by atoms with van der Waals surface area (Å²) in [7, 11) is 0. The average Bonchev–Trinajstić information content (AvgIpc) is 2.90. The lowest BCUT2D eigenvalue weighted by atomic mass is 10.0. The number of amides is 3. The van der Waals surface area contributed by atoms with Crippen molar-refractivity contribution >= 4 is 23.4 Å². The van der Waals surface area contributed by atoms with Gasteiger partial charge in [-0.05, 0) is 54.4 Å². The lowest BCUT2D eigenvalue weighted by Crippen LogP contribution is -2.51. The quantitative estimate of drug-likeness (QED) is 0.135. The molecule has 3 amide bonds. The van der Waals surface area contributed by atoms with Gasteiger partial charge < -0.3 is 21.1 Å². The third kappa shape index (κ3) is 7.70. The number of carbonyl (C=O) groups excluding carboxylic acids is 3. The van der Waals surface area contributed by atoms with E-state index in [9.17, 15) is 19.5 Å². The number of aromatic nitrogens is 1. The van der Waals surface area contributed by atoms with E-state index in [0.717, 1.165) is 23.2 Å². The van der Waals surface area contributed by atoms with Crippen LogP contribution in [-0.4, -0.2) is 58.3 Å². The van der Waals surface area contributed by atoms with Crippen molar-refractivity contribution in [1.82, 2.24) is 21.1 Å². The van der Waals surface area contributed by atoms with Crippen LogP contribution in [0.25, 0.3) is 11.1 Å². The van der Waals surface area contributed by atoms with Crippen LogP contribution in [0.5, 0.6) is 0 Å². The lowest BCUT2D eigenvalue weighted by molar-refractivity contribution is -0.133. The highest BCUT2D eigenvalue weighted by Crippen LogP contribution is 2.22. The number of nitrogens with one attached hydrogen (secondary N) is 4. The Balaban J connectivity index is 1.50. The molecule has 1 heterocycles. The molecule has 0 saturated heterocycles. The molecule has 10 heteroatoms. The summed E-state index contributed by atoms with van der Waals surface area (Å²) in [6.45, 7) is 2.16. The normalized spacial score (nSPS) is 12.3. The number of carbonyl (C=O) groups is 3. The summed E-state index contributed by atoms with van der Waals surface area (Å²) in [4.78, 5) is 40.4. The van der Waals surface area contributed by atoms with Gasteiger partial charge >= 0.3 is 0 Å². The van der Waals surface area contributed by atoms with E-state index in [1.807, 2.05) is 30.3 Å². The van der Waals surface area contributed by atoms with E-state index in [1.54, 1.807) is 42.6 Å². The largest absolute Gasteiger partial charge is 0.391 e. The standard InChI is InChI=1S/C26H29N5O5/c1-17(32)24(26(35)31-36)30-25(34)20-7-5-18(6-8-20)19-9-11-22(12-10-19)29-23(33)16-27-15-13-21-4-2-3-14-28-21/h2-12,14,17,24,27,32,36H,13,15-16H2,1H3,(H,29,33)(H,30,34)(H,31,35)/t17-,24+/m1/s1. The van der Waals surface area contributed by atoms with Gasteiger partial charge in [-0.15, -0.1) is 0 Å². The highest BCUT2D eigenvalue weighted by Gasteiger charge is 2.25. The molecule has 0 spiro atoms. The number of hydrogen-bond donors (Lipinski definition) is 6. The zero-order chi connectivity index (χ0) is 25.9. The Labute approximate surface area is 208 Å². The summed E-state index contributed by atoms with van der Waals surface area (Å²) < 4.78 is 0. The summed E-state index contributed by atoms with van der Waals surface area (Å²) >= 11 is 0. The van der Waals surface area contributed by atoms with E-state index in [4.69, 9.17) is 5.21 Å². The van der Waals surface area contributed by atoms with Gasteiger partial charge in [0.05, 0.1) is 12.6 Å². The number of aliphatic hydroxyl groups is 1. The number of benzene rings is 2. The van der Waals surface area contributed by atoms with E-state index in [1.165, 1.54) is 12.4 Å². The zero-order valence-electron chi connectivity index (χ0n) is 19.8. The van der Waals surface area contributed by atoms with E-state index in [-0.39, 0.29) is 18.0 Å². The maximum absolute atomic E-state index is 12.4. The van der Waals surface area contributed by atoms with E-state index < -0.39 is 24.0 Å². The number of nitrogens with zero attached hydrogens (tertiary/aromatic N) is 1. The van der Waals surface area contributed by atoms with Crippen molar-refractivity contribution in [3.05, 3.63) is 84.2 Å². The van der Waals surface area contributed by atoms with Gasteiger partial charge in [-0.3, -0.25) is 24.6 Å². The number of rotatable bonds is 11. The molecule has 2 aromatic carbocycles. The molecule has 188 valence electrons. The van der Waals surface area contributed by atoms with Crippen LogP contribution < -0.4 is 21.4 Å². The summed E-state index contributed by atoms with van der Waals surface area (Å²) in [5, 5.41) is 26.8. The van der Waals surface area contributed by atoms with E-state index in [2.05, 4.69) is 20.9 Å². The van der Waals surface area contributed by atoms with Crippen molar-refractivity contribution in [2.45, 2.75) is 25.5 Å². The molecule has 10 nitrogen and oxygen atoms in total. The molecule has 0 aliphatic rings. The van der Waals surface area contributed by atoms with Gasteiger partial charge in [0.15, 0.2) is 0 Å². The number of anilines is 1. The molecule has 0 aliphatic heterocycles. The summed E-state index contributed by atoms with van der Waals surface area (Å²) in [6.07, 6.45) is 1.29. The minimum atomic E-state index is -1.29. The molecule has 0 bridgehead atoms. The van der Waals surface area contributed by atoms with Crippen LogP contribution in [0.4, 0.5) is 5.69 Å². The van der Waals surface area contributed by atoms with E-state index in [0.29, 0.717) is 12.2 Å². The second-order valence-electron chi connectivity index (χ2n) is 8.12. The Morgan fingerprint density at radius 1 is 0.944 bits per heavy atom. The molecule has 3 rings (SSSR count). The molecule has 0 unspecified atom stereocenters. The van der Waals surface area contributed by atoms with Crippen LogP contribution in [0.3, 0.4) is 0 Å².